The van der Waals surface area contributed by atoms with E-state index >= 15 is 4.79 Å². The first-order valence-corrected chi connectivity index (χ1v) is 24.8. The van der Waals surface area contributed by atoms with Crippen LogP contribution in [-0.4, -0.2) is 76.2 Å². The summed E-state index contributed by atoms with van der Waals surface area (Å²) in [6.07, 6.45) is 10.3. The number of nitriles is 1. The predicted octanol–water partition coefficient (Wildman–Crippen LogP) is 10.9. The number of rotatable bonds is 20. The van der Waals surface area contributed by atoms with Gasteiger partial charge in [-0.05, 0) is 121 Å². The molecule has 2 fully saturated rings. The molecule has 1 amide bonds. The third-order valence-corrected chi connectivity index (χ3v) is 14.4. The van der Waals surface area contributed by atoms with Crippen LogP contribution in [0.2, 0.25) is 0 Å². The maximum atomic E-state index is 15.7. The van der Waals surface area contributed by atoms with Crippen LogP contribution in [-0.2, 0) is 20.9 Å². The van der Waals surface area contributed by atoms with Gasteiger partial charge < -0.3 is 38.9 Å². The van der Waals surface area contributed by atoms with Crippen LogP contribution in [0.1, 0.15) is 97.2 Å². The number of unbranched alkanes of at least 4 members (excludes halogenated alkanes) is 2. The molecular weight excluding hydrogens is 901 g/mol. The van der Waals surface area contributed by atoms with E-state index in [0.29, 0.717) is 60.0 Å². The summed E-state index contributed by atoms with van der Waals surface area (Å²) in [5, 5.41) is 48.7. The van der Waals surface area contributed by atoms with Crippen LogP contribution < -0.4 is 9.47 Å². The molecule has 14 nitrogen and oxygen atoms in total. The molecule has 0 spiro atoms. The van der Waals surface area contributed by atoms with Gasteiger partial charge in [-0.2, -0.15) is 5.26 Å². The molecule has 2 aliphatic carbocycles. The fourth-order valence-electron chi connectivity index (χ4n) is 11.2. The Labute approximate surface area is 413 Å². The smallest absolute Gasteiger partial charge is 0.273 e. The molecule has 9 rings (SSSR count). The molecule has 1 saturated heterocycles. The number of oxime groups is 1. The molecule has 5 aromatic rings. The van der Waals surface area contributed by atoms with Crippen molar-refractivity contribution in [2.75, 3.05) is 26.4 Å². The van der Waals surface area contributed by atoms with E-state index in [4.69, 9.17) is 28.9 Å². The van der Waals surface area contributed by atoms with Crippen molar-refractivity contribution in [1.29, 1.82) is 5.26 Å². The van der Waals surface area contributed by atoms with Crippen molar-refractivity contribution < 1.29 is 43.7 Å². The minimum Gasteiger partial charge on any atom is -0.459 e. The van der Waals surface area contributed by atoms with E-state index in [1.54, 1.807) is 48.5 Å². The first-order chi connectivity index (χ1) is 34.7. The summed E-state index contributed by atoms with van der Waals surface area (Å²) in [7, 11) is 0. The summed E-state index contributed by atoms with van der Waals surface area (Å²) in [6, 6.07) is 33.7. The number of ether oxygens (including phenoxy) is 4. The Morgan fingerprint density at radius 2 is 1.72 bits per heavy atom. The van der Waals surface area contributed by atoms with Crippen LogP contribution >= 0.6 is 0 Å². The molecule has 0 aromatic heterocycles. The molecule has 7 atom stereocenters. The first-order valence-electron chi connectivity index (χ1n) is 24.8. The van der Waals surface area contributed by atoms with Gasteiger partial charge in [0.15, 0.2) is 0 Å². The van der Waals surface area contributed by atoms with E-state index in [-0.39, 0.29) is 62.1 Å². The third-order valence-electron chi connectivity index (χ3n) is 14.4. The fraction of sp³-hybridized carbons (Fsp3) is 0.386. The van der Waals surface area contributed by atoms with Gasteiger partial charge in [0, 0.05) is 55.7 Å². The van der Waals surface area contributed by atoms with Crippen molar-refractivity contribution in [3.8, 4) is 23.3 Å². The van der Waals surface area contributed by atoms with E-state index in [9.17, 15) is 25.6 Å². The van der Waals surface area contributed by atoms with Gasteiger partial charge in [0.25, 0.3) is 11.6 Å². The van der Waals surface area contributed by atoms with Gasteiger partial charge in [-0.1, -0.05) is 78.7 Å². The zero-order valence-corrected chi connectivity index (χ0v) is 39.8. The predicted molar refractivity (Wildman–Crippen MR) is 268 cm³/mol. The van der Waals surface area contributed by atoms with Crippen LogP contribution in [0, 0.1) is 39.2 Å². The summed E-state index contributed by atoms with van der Waals surface area (Å²) < 4.78 is 27.3. The number of benzene rings is 5. The molecule has 7 unspecified atom stereocenters. The normalized spacial score (nSPS) is 23.8. The van der Waals surface area contributed by atoms with Gasteiger partial charge in [0.1, 0.15) is 23.3 Å². The number of aliphatic hydroxyl groups excluding tert-OH is 2. The van der Waals surface area contributed by atoms with Gasteiger partial charge in [0.05, 0.1) is 47.5 Å². The number of nitro benzene ring substituents is 1. The topological polar surface area (TPSA) is 186 Å². The maximum Gasteiger partial charge on any atom is 0.273 e. The van der Waals surface area contributed by atoms with Crippen molar-refractivity contribution in [2.24, 2.45) is 22.9 Å². The Morgan fingerprint density at radius 1 is 0.944 bits per heavy atom. The van der Waals surface area contributed by atoms with Crippen LogP contribution in [0.25, 0.3) is 10.8 Å². The number of non-ortho nitro benzene ring substituents is 1. The van der Waals surface area contributed by atoms with Crippen molar-refractivity contribution in [2.45, 2.75) is 94.8 Å². The van der Waals surface area contributed by atoms with E-state index in [0.717, 1.165) is 66.0 Å². The fourth-order valence-corrected chi connectivity index (χ4v) is 11.2. The second-order valence-electron chi connectivity index (χ2n) is 18.8. The number of allylic oxidation sites excluding steroid dienone is 1. The molecule has 14 heteroatoms. The summed E-state index contributed by atoms with van der Waals surface area (Å²) >= 11 is 0. The molecule has 2 aliphatic heterocycles. The average molecular weight is 961 g/mol. The van der Waals surface area contributed by atoms with Crippen LogP contribution in [0.3, 0.4) is 0 Å². The molecule has 0 radical (unpaired) electrons. The van der Waals surface area contributed by atoms with E-state index in [2.05, 4.69) is 24.8 Å². The number of carbonyl (C=O) groups is 1. The molecule has 2 heterocycles. The lowest BCUT2D eigenvalue weighted by atomic mass is 9.55. The number of amides is 1. The summed E-state index contributed by atoms with van der Waals surface area (Å²) in [5.74, 6) is -1.68. The Balaban J connectivity index is 1.28. The number of nitro groups is 1. The number of carbonyl (C=O) groups excluding carboxylic acids is 1. The average Bonchev–Trinajstić information content (AvgIpc) is 3.40. The summed E-state index contributed by atoms with van der Waals surface area (Å²) in [5.41, 5.74) is 3.92. The lowest BCUT2D eigenvalue weighted by Gasteiger charge is -2.60. The monoisotopic (exact) mass is 960 g/mol. The van der Waals surface area contributed by atoms with Gasteiger partial charge in [0.2, 0.25) is 12.1 Å². The molecule has 0 bridgehead atoms. The van der Waals surface area contributed by atoms with Crippen molar-refractivity contribution >= 4 is 28.1 Å². The second kappa shape index (κ2) is 22.5. The highest BCUT2D eigenvalue weighted by atomic mass is 16.8. The highest BCUT2D eigenvalue weighted by Crippen LogP contribution is 2.62. The first kappa shape index (κ1) is 49.1. The Bertz CT molecular complexity index is 2810. The number of aliphatic hydroxyl groups is 2. The summed E-state index contributed by atoms with van der Waals surface area (Å²) in [6.45, 7) is 4.94. The van der Waals surface area contributed by atoms with E-state index in [1.165, 1.54) is 12.1 Å². The highest BCUT2D eigenvalue weighted by molar-refractivity contribution is 6.03. The number of hydrogen-bond acceptors (Lipinski definition) is 12. The standard InChI is InChI=1S/C57H60N4O10/c1-2-30-68-57-52(60(56(64)40-24-22-38(36-58)23-25-40)37-42-16-11-15-39-13-3-4-19-46(39)42)35-50(59-71-53-21-7-10-31-67-53)48-32-41(14-5-8-28-62)47(20-6-9-29-63)54(55(48)57)49-34-45(26-27-51(49)70-57)69-44-18-12-17-43(33-44)61(65)66/h2-4,11-13,15-19,22-27,32-34,41,47,52-55,62-63H,1,5-10,14,20-21,28-31,35,37H2. The number of nitrogens with zero attached hydrogens (tertiary/aromatic N) is 4. The van der Waals surface area contributed by atoms with E-state index < -0.39 is 29.0 Å². The number of hydrogen-bond donors (Lipinski definition) is 2. The van der Waals surface area contributed by atoms with Crippen molar-refractivity contribution in [3.05, 3.63) is 166 Å². The number of fused-ring (bicyclic) bond motifs is 3. The maximum absolute atomic E-state index is 15.7. The zero-order valence-electron chi connectivity index (χ0n) is 39.8. The molecule has 1 saturated carbocycles. The van der Waals surface area contributed by atoms with Gasteiger partial charge in [-0.15, -0.1) is 6.58 Å². The highest BCUT2D eigenvalue weighted by Gasteiger charge is 2.65. The largest absolute Gasteiger partial charge is 0.459 e. The third kappa shape index (κ3) is 10.5. The molecule has 5 aromatic carbocycles. The Hall–Kier alpha value is -6.89. The lowest BCUT2D eigenvalue weighted by molar-refractivity contribution is -0.384. The Morgan fingerprint density at radius 3 is 2.48 bits per heavy atom. The zero-order chi connectivity index (χ0) is 49.3. The van der Waals surface area contributed by atoms with Gasteiger partial charge in [-0.25, -0.2) is 0 Å². The van der Waals surface area contributed by atoms with Crippen LogP contribution in [0.15, 0.2) is 139 Å². The van der Waals surface area contributed by atoms with Crippen LogP contribution in [0.4, 0.5) is 5.69 Å². The molecule has 71 heavy (non-hydrogen) atoms. The second-order valence-corrected chi connectivity index (χ2v) is 18.8. The van der Waals surface area contributed by atoms with Gasteiger partial charge in [-0.3, -0.25) is 14.9 Å². The quantitative estimate of drug-likeness (QED) is 0.0327. The molecular formula is C57H60N4O10. The lowest BCUT2D eigenvalue weighted by Crippen LogP contribution is -2.70. The molecule has 2 N–H and O–H groups in total. The van der Waals surface area contributed by atoms with Gasteiger partial charge >= 0.3 is 0 Å². The minimum absolute atomic E-state index is 0.0272. The van der Waals surface area contributed by atoms with Crippen molar-refractivity contribution in [1.82, 2.24) is 4.90 Å². The van der Waals surface area contributed by atoms with E-state index in [1.807, 2.05) is 53.4 Å². The van der Waals surface area contributed by atoms with Crippen LogP contribution in [0.5, 0.6) is 17.2 Å². The minimum atomic E-state index is -1.57. The SMILES string of the molecule is C=CCOC12Oc3ccc(Oc4cccc([N+](=O)[O-])c4)cc3C3C(CCCCO)C(CCCCO)C=C(C(=NOC4CCCCO4)CC1N(Cc1cccc4ccccc14)C(=O)c1ccc(C#N)cc1)C32. The van der Waals surface area contributed by atoms with Crippen molar-refractivity contribution in [3.63, 3.8) is 0 Å². The Kier molecular flexibility index (Phi) is 15.5. The molecule has 4 aliphatic rings. The summed E-state index contributed by atoms with van der Waals surface area (Å²) in [4.78, 5) is 35.2. The molecule has 368 valence electrons.